The summed E-state index contributed by atoms with van der Waals surface area (Å²) in [5.41, 5.74) is 0. The van der Waals surface area contributed by atoms with Crippen LogP contribution in [-0.4, -0.2) is 38.1 Å². The van der Waals surface area contributed by atoms with E-state index in [0.717, 1.165) is 5.92 Å². The Morgan fingerprint density at radius 1 is 1.46 bits per heavy atom. The molecule has 1 aliphatic heterocycles. The van der Waals surface area contributed by atoms with Crippen LogP contribution in [0.25, 0.3) is 0 Å². The monoisotopic (exact) mass is 184 g/mol. The molecule has 0 bridgehead atoms. The van der Waals surface area contributed by atoms with Crippen molar-refractivity contribution in [3.8, 4) is 0 Å². The third-order valence-electron chi connectivity index (χ3n) is 2.95. The van der Waals surface area contributed by atoms with Gasteiger partial charge in [0, 0.05) is 6.54 Å². The minimum absolute atomic E-state index is 0.952. The Balaban J connectivity index is 2.16. The minimum atomic E-state index is 0.952. The fourth-order valence-electron chi connectivity index (χ4n) is 2.25. The molecule has 1 fully saturated rings. The standard InChI is InChI=1S/C11H24N2/c1-3-8-13-9-4-5-11(10-13)6-7-12-2/h11-12H,3-10H2,1-2H3. The zero-order valence-corrected chi connectivity index (χ0v) is 9.18. The van der Waals surface area contributed by atoms with E-state index in [4.69, 9.17) is 0 Å². The van der Waals surface area contributed by atoms with E-state index in [2.05, 4.69) is 17.1 Å². The summed E-state index contributed by atoms with van der Waals surface area (Å²) < 4.78 is 0. The van der Waals surface area contributed by atoms with Crippen LogP contribution < -0.4 is 5.32 Å². The van der Waals surface area contributed by atoms with Crippen LogP contribution in [-0.2, 0) is 0 Å². The molecule has 1 aliphatic rings. The van der Waals surface area contributed by atoms with Gasteiger partial charge in [-0.25, -0.2) is 0 Å². The topological polar surface area (TPSA) is 15.3 Å². The van der Waals surface area contributed by atoms with Crippen molar-refractivity contribution in [1.29, 1.82) is 0 Å². The van der Waals surface area contributed by atoms with Crippen molar-refractivity contribution in [1.82, 2.24) is 10.2 Å². The molecule has 0 spiro atoms. The van der Waals surface area contributed by atoms with Gasteiger partial charge >= 0.3 is 0 Å². The van der Waals surface area contributed by atoms with E-state index in [-0.39, 0.29) is 0 Å². The molecular weight excluding hydrogens is 160 g/mol. The normalized spacial score (nSPS) is 24.9. The summed E-state index contributed by atoms with van der Waals surface area (Å²) in [5, 5.41) is 3.24. The van der Waals surface area contributed by atoms with Crippen LogP contribution in [0.4, 0.5) is 0 Å². The van der Waals surface area contributed by atoms with Gasteiger partial charge in [0.05, 0.1) is 0 Å². The summed E-state index contributed by atoms with van der Waals surface area (Å²) in [6.07, 6.45) is 5.52. The molecule has 0 saturated carbocycles. The third-order valence-corrected chi connectivity index (χ3v) is 2.95. The highest BCUT2D eigenvalue weighted by Gasteiger charge is 2.18. The van der Waals surface area contributed by atoms with Gasteiger partial charge in [-0.15, -0.1) is 0 Å². The molecule has 1 atom stereocenters. The van der Waals surface area contributed by atoms with Crippen LogP contribution >= 0.6 is 0 Å². The van der Waals surface area contributed by atoms with Crippen molar-refractivity contribution < 1.29 is 0 Å². The van der Waals surface area contributed by atoms with E-state index in [1.165, 1.54) is 51.9 Å². The number of piperidine rings is 1. The van der Waals surface area contributed by atoms with Crippen molar-refractivity contribution in [2.45, 2.75) is 32.6 Å². The molecule has 13 heavy (non-hydrogen) atoms. The maximum Gasteiger partial charge on any atom is 0.00101 e. The summed E-state index contributed by atoms with van der Waals surface area (Å²) in [6.45, 7) is 7.44. The predicted octanol–water partition coefficient (Wildman–Crippen LogP) is 1.72. The highest BCUT2D eigenvalue weighted by Crippen LogP contribution is 2.18. The Morgan fingerprint density at radius 3 is 3.00 bits per heavy atom. The Kier molecular flexibility index (Phi) is 5.40. The van der Waals surface area contributed by atoms with Gasteiger partial charge in [-0.1, -0.05) is 6.92 Å². The lowest BCUT2D eigenvalue weighted by Gasteiger charge is -2.32. The number of hydrogen-bond acceptors (Lipinski definition) is 2. The molecule has 0 aromatic rings. The van der Waals surface area contributed by atoms with Crippen molar-refractivity contribution in [2.75, 3.05) is 33.2 Å². The molecule has 0 aromatic heterocycles. The van der Waals surface area contributed by atoms with Gasteiger partial charge in [0.25, 0.3) is 0 Å². The first-order valence-corrected chi connectivity index (χ1v) is 5.73. The first kappa shape index (κ1) is 11.0. The van der Waals surface area contributed by atoms with Crippen molar-refractivity contribution in [2.24, 2.45) is 5.92 Å². The van der Waals surface area contributed by atoms with Gasteiger partial charge in [-0.05, 0) is 58.3 Å². The molecule has 2 heteroatoms. The van der Waals surface area contributed by atoms with Gasteiger partial charge in [0.2, 0.25) is 0 Å². The van der Waals surface area contributed by atoms with Crippen molar-refractivity contribution in [3.05, 3.63) is 0 Å². The van der Waals surface area contributed by atoms with E-state index < -0.39 is 0 Å². The second-order valence-electron chi connectivity index (χ2n) is 4.20. The lowest BCUT2D eigenvalue weighted by Crippen LogP contribution is -2.36. The Labute approximate surface area is 82.7 Å². The lowest BCUT2D eigenvalue weighted by atomic mass is 9.95. The van der Waals surface area contributed by atoms with Crippen molar-refractivity contribution >= 4 is 0 Å². The summed E-state index contributed by atoms with van der Waals surface area (Å²) in [4.78, 5) is 2.63. The smallest absolute Gasteiger partial charge is 0.00101 e. The Hall–Kier alpha value is -0.0800. The van der Waals surface area contributed by atoms with Crippen LogP contribution in [0.3, 0.4) is 0 Å². The fourth-order valence-corrected chi connectivity index (χ4v) is 2.25. The molecule has 0 aromatic carbocycles. The molecule has 2 nitrogen and oxygen atoms in total. The average molecular weight is 184 g/mol. The molecule has 0 aliphatic carbocycles. The summed E-state index contributed by atoms with van der Waals surface area (Å²) in [6, 6.07) is 0. The SMILES string of the molecule is CCCN1CCCC(CCNC)C1. The summed E-state index contributed by atoms with van der Waals surface area (Å²) in [5.74, 6) is 0.952. The third kappa shape index (κ3) is 4.10. The van der Waals surface area contributed by atoms with Crippen LogP contribution in [0.2, 0.25) is 0 Å². The molecule has 1 unspecified atom stereocenters. The molecule has 1 heterocycles. The first-order valence-electron chi connectivity index (χ1n) is 5.73. The highest BCUT2D eigenvalue weighted by atomic mass is 15.1. The van der Waals surface area contributed by atoms with E-state index in [1.807, 2.05) is 7.05 Å². The first-order chi connectivity index (χ1) is 6.36. The van der Waals surface area contributed by atoms with Crippen LogP contribution in [0, 0.1) is 5.92 Å². The van der Waals surface area contributed by atoms with Gasteiger partial charge < -0.3 is 10.2 Å². The zero-order valence-electron chi connectivity index (χ0n) is 9.18. The zero-order chi connectivity index (χ0) is 9.52. The highest BCUT2D eigenvalue weighted by molar-refractivity contribution is 4.72. The maximum atomic E-state index is 3.24. The number of rotatable bonds is 5. The van der Waals surface area contributed by atoms with E-state index in [1.54, 1.807) is 0 Å². The number of nitrogens with zero attached hydrogens (tertiary/aromatic N) is 1. The van der Waals surface area contributed by atoms with Crippen molar-refractivity contribution in [3.63, 3.8) is 0 Å². The van der Waals surface area contributed by atoms with Crippen LogP contribution in [0.15, 0.2) is 0 Å². The molecule has 78 valence electrons. The van der Waals surface area contributed by atoms with Gasteiger partial charge in [-0.2, -0.15) is 0 Å². The largest absolute Gasteiger partial charge is 0.320 e. The average Bonchev–Trinajstić information content (AvgIpc) is 2.16. The predicted molar refractivity (Wildman–Crippen MR) is 58.0 cm³/mol. The van der Waals surface area contributed by atoms with E-state index >= 15 is 0 Å². The minimum Gasteiger partial charge on any atom is -0.320 e. The summed E-state index contributed by atoms with van der Waals surface area (Å²) >= 11 is 0. The molecular formula is C11H24N2. The van der Waals surface area contributed by atoms with E-state index in [9.17, 15) is 0 Å². The molecule has 1 N–H and O–H groups in total. The maximum absolute atomic E-state index is 3.24. The molecule has 1 saturated heterocycles. The lowest BCUT2D eigenvalue weighted by molar-refractivity contribution is 0.169. The molecule has 1 rings (SSSR count). The quantitative estimate of drug-likeness (QED) is 0.700. The molecule has 0 amide bonds. The Bertz CT molecular complexity index is 123. The second kappa shape index (κ2) is 6.39. The number of likely N-dealkylation sites (tertiary alicyclic amines) is 1. The second-order valence-corrected chi connectivity index (χ2v) is 4.20. The number of hydrogen-bond donors (Lipinski definition) is 1. The molecule has 0 radical (unpaired) electrons. The van der Waals surface area contributed by atoms with Crippen LogP contribution in [0.5, 0.6) is 0 Å². The van der Waals surface area contributed by atoms with Crippen LogP contribution in [0.1, 0.15) is 32.6 Å². The number of nitrogens with one attached hydrogen (secondary N) is 1. The van der Waals surface area contributed by atoms with Gasteiger partial charge in [0.15, 0.2) is 0 Å². The fraction of sp³-hybridized carbons (Fsp3) is 1.00. The summed E-state index contributed by atoms with van der Waals surface area (Å²) in [7, 11) is 2.05. The Morgan fingerprint density at radius 2 is 2.31 bits per heavy atom. The van der Waals surface area contributed by atoms with Gasteiger partial charge in [0.1, 0.15) is 0 Å². The van der Waals surface area contributed by atoms with Gasteiger partial charge in [-0.3, -0.25) is 0 Å². The van der Waals surface area contributed by atoms with E-state index in [0.29, 0.717) is 0 Å².